The number of amides is 3. The van der Waals surface area contributed by atoms with E-state index in [1.165, 1.54) is 0 Å². The van der Waals surface area contributed by atoms with Gasteiger partial charge in [0.1, 0.15) is 12.8 Å². The van der Waals surface area contributed by atoms with Gasteiger partial charge in [-0.3, -0.25) is 29.7 Å². The lowest BCUT2D eigenvalue weighted by Gasteiger charge is -2.41. The van der Waals surface area contributed by atoms with Crippen molar-refractivity contribution < 1.29 is 19.1 Å². The van der Waals surface area contributed by atoms with Crippen molar-refractivity contribution in [1.82, 2.24) is 20.1 Å². The van der Waals surface area contributed by atoms with Gasteiger partial charge in [0.25, 0.3) is 11.8 Å². The first-order chi connectivity index (χ1) is 16.1. The molecule has 0 aliphatic carbocycles. The third-order valence-corrected chi connectivity index (χ3v) is 5.75. The van der Waals surface area contributed by atoms with Crippen LogP contribution in [0.3, 0.4) is 0 Å². The number of hydrogen-bond acceptors (Lipinski definition) is 6. The Morgan fingerprint density at radius 2 is 1.85 bits per heavy atom. The second-order valence-electron chi connectivity index (χ2n) is 7.84. The van der Waals surface area contributed by atoms with Gasteiger partial charge in [0.15, 0.2) is 5.82 Å². The van der Waals surface area contributed by atoms with Crippen LogP contribution in [0.5, 0.6) is 0 Å². The number of nitrogens with one attached hydrogen (secondary N) is 2. The third-order valence-electron chi connectivity index (χ3n) is 5.75. The van der Waals surface area contributed by atoms with Crippen LogP contribution in [0.1, 0.15) is 51.1 Å². The summed E-state index contributed by atoms with van der Waals surface area (Å²) in [5.74, 6) is 0.138. The second kappa shape index (κ2) is 8.47. The van der Waals surface area contributed by atoms with Crippen LogP contribution in [0.25, 0.3) is 0 Å². The maximum atomic E-state index is 13.4. The average Bonchev–Trinajstić information content (AvgIpc) is 3.38. The number of rotatable bonds is 7. The molecule has 2 aromatic carbocycles. The molecule has 2 aliphatic rings. The molecule has 2 aliphatic heterocycles. The maximum Gasteiger partial charge on any atom is 0.260 e. The van der Waals surface area contributed by atoms with Gasteiger partial charge in [0.05, 0.1) is 11.3 Å². The van der Waals surface area contributed by atoms with Gasteiger partial charge >= 0.3 is 0 Å². The summed E-state index contributed by atoms with van der Waals surface area (Å²) in [5, 5.41) is 9.25. The number of fused-ring (bicyclic) bond motifs is 5. The van der Waals surface area contributed by atoms with E-state index in [0.29, 0.717) is 35.6 Å². The van der Waals surface area contributed by atoms with Crippen molar-refractivity contribution in [3.63, 3.8) is 0 Å². The topological polar surface area (TPSA) is 121 Å². The zero-order chi connectivity index (χ0) is 22.9. The molecule has 3 aromatic rings. The van der Waals surface area contributed by atoms with E-state index in [2.05, 4.69) is 20.5 Å². The molecule has 168 valence electrons. The molecule has 10 nitrogen and oxygen atoms in total. The standard InChI is InChI=1S/C23H22N6O4/c1-33-13-18-24-23(27-26-18)25-19(30)11-6-12-28-20-14-7-2-3-8-15(14)22(32)29(20)17-10-5-4-9-16(17)21(28)31/h2-5,7-10,20H,6,11-13H2,1H3,(H2,24,25,26,27,30)/t20-/m1/s1. The Bertz CT molecular complexity index is 1240. The number of carbonyl (C=O) groups excluding carboxylic acids is 3. The average molecular weight is 446 g/mol. The highest BCUT2D eigenvalue weighted by Gasteiger charge is 2.47. The minimum atomic E-state index is -0.524. The molecule has 1 aromatic heterocycles. The van der Waals surface area contributed by atoms with Gasteiger partial charge < -0.3 is 9.64 Å². The van der Waals surface area contributed by atoms with Crippen LogP contribution in [0.15, 0.2) is 48.5 Å². The summed E-state index contributed by atoms with van der Waals surface area (Å²) in [7, 11) is 1.54. The number of aromatic amines is 1. The highest BCUT2D eigenvalue weighted by atomic mass is 16.5. The van der Waals surface area contributed by atoms with Crippen molar-refractivity contribution >= 4 is 29.4 Å². The fraction of sp³-hybridized carbons (Fsp3) is 0.261. The van der Waals surface area contributed by atoms with Crippen molar-refractivity contribution in [3.8, 4) is 0 Å². The summed E-state index contributed by atoms with van der Waals surface area (Å²) < 4.78 is 4.97. The number of methoxy groups -OCH3 is 1. The molecule has 0 fully saturated rings. The molecule has 0 unspecified atom stereocenters. The van der Waals surface area contributed by atoms with Crippen LogP contribution in [0.4, 0.5) is 11.6 Å². The number of para-hydroxylation sites is 1. The molecule has 0 radical (unpaired) electrons. The fourth-order valence-electron chi connectivity index (χ4n) is 4.35. The van der Waals surface area contributed by atoms with Crippen LogP contribution >= 0.6 is 0 Å². The lowest BCUT2D eigenvalue weighted by atomic mass is 10.0. The van der Waals surface area contributed by atoms with Gasteiger partial charge in [-0.2, -0.15) is 4.98 Å². The van der Waals surface area contributed by atoms with E-state index in [0.717, 1.165) is 5.56 Å². The van der Waals surface area contributed by atoms with E-state index in [1.807, 2.05) is 24.3 Å². The Hall–Kier alpha value is -4.05. The first-order valence-electron chi connectivity index (χ1n) is 10.6. The highest BCUT2D eigenvalue weighted by molar-refractivity contribution is 6.16. The summed E-state index contributed by atoms with van der Waals surface area (Å²) in [6, 6.07) is 14.5. The van der Waals surface area contributed by atoms with Crippen molar-refractivity contribution in [1.29, 1.82) is 0 Å². The Balaban J connectivity index is 1.33. The maximum absolute atomic E-state index is 13.4. The fourth-order valence-corrected chi connectivity index (χ4v) is 4.35. The smallest absolute Gasteiger partial charge is 0.260 e. The van der Waals surface area contributed by atoms with Crippen LogP contribution in [-0.2, 0) is 16.1 Å². The van der Waals surface area contributed by atoms with Crippen LogP contribution in [-0.4, -0.2) is 51.5 Å². The van der Waals surface area contributed by atoms with Gasteiger partial charge in [0.2, 0.25) is 11.9 Å². The van der Waals surface area contributed by atoms with E-state index < -0.39 is 6.17 Å². The van der Waals surface area contributed by atoms with Crippen molar-refractivity contribution in [2.75, 3.05) is 23.9 Å². The highest BCUT2D eigenvalue weighted by Crippen LogP contribution is 2.45. The van der Waals surface area contributed by atoms with Gasteiger partial charge in [0, 0.05) is 31.2 Å². The molecule has 33 heavy (non-hydrogen) atoms. The normalized spacial score (nSPS) is 16.5. The predicted molar refractivity (Wildman–Crippen MR) is 118 cm³/mol. The van der Waals surface area contributed by atoms with Gasteiger partial charge in [-0.05, 0) is 24.6 Å². The monoisotopic (exact) mass is 446 g/mol. The zero-order valence-corrected chi connectivity index (χ0v) is 17.9. The Morgan fingerprint density at radius 1 is 1.09 bits per heavy atom. The molecule has 3 amide bonds. The predicted octanol–water partition coefficient (Wildman–Crippen LogP) is 2.48. The first-order valence-corrected chi connectivity index (χ1v) is 10.6. The molecule has 0 bridgehead atoms. The molecule has 0 saturated carbocycles. The molecule has 5 rings (SSSR count). The Kier molecular flexibility index (Phi) is 5.35. The number of ether oxygens (including phenoxy) is 1. The number of hydrogen-bond donors (Lipinski definition) is 2. The quantitative estimate of drug-likeness (QED) is 0.575. The van der Waals surface area contributed by atoms with E-state index in [1.54, 1.807) is 41.2 Å². The Labute approximate surface area is 189 Å². The first kappa shape index (κ1) is 20.8. The second-order valence-corrected chi connectivity index (χ2v) is 7.84. The minimum absolute atomic E-state index is 0.130. The lowest BCUT2D eigenvalue weighted by molar-refractivity contribution is -0.116. The van der Waals surface area contributed by atoms with E-state index in [-0.39, 0.29) is 36.7 Å². The van der Waals surface area contributed by atoms with Crippen molar-refractivity contribution in [3.05, 3.63) is 71.0 Å². The van der Waals surface area contributed by atoms with Gasteiger partial charge in [-0.15, -0.1) is 5.10 Å². The van der Waals surface area contributed by atoms with Crippen LogP contribution in [0, 0.1) is 0 Å². The molecule has 1 atom stereocenters. The molecular weight excluding hydrogens is 424 g/mol. The molecule has 10 heteroatoms. The van der Waals surface area contributed by atoms with E-state index in [4.69, 9.17) is 4.74 Å². The van der Waals surface area contributed by atoms with Gasteiger partial charge in [-0.1, -0.05) is 30.3 Å². The summed E-state index contributed by atoms with van der Waals surface area (Å²) in [4.78, 5) is 46.4. The van der Waals surface area contributed by atoms with E-state index in [9.17, 15) is 14.4 Å². The van der Waals surface area contributed by atoms with Crippen molar-refractivity contribution in [2.24, 2.45) is 0 Å². The molecule has 3 heterocycles. The molecule has 0 saturated heterocycles. The summed E-state index contributed by atoms with van der Waals surface area (Å²) in [6.07, 6.45) is 0.0567. The lowest BCUT2D eigenvalue weighted by Crippen LogP contribution is -2.48. The zero-order valence-electron chi connectivity index (χ0n) is 17.9. The Morgan fingerprint density at radius 3 is 2.67 bits per heavy atom. The molecule has 0 spiro atoms. The number of anilines is 2. The number of benzene rings is 2. The van der Waals surface area contributed by atoms with Crippen LogP contribution in [0.2, 0.25) is 0 Å². The van der Waals surface area contributed by atoms with Gasteiger partial charge in [-0.25, -0.2) is 0 Å². The number of H-pyrrole nitrogens is 1. The largest absolute Gasteiger partial charge is 0.377 e. The van der Waals surface area contributed by atoms with E-state index >= 15 is 0 Å². The molecular formula is C23H22N6O4. The summed E-state index contributed by atoms with van der Waals surface area (Å²) in [5.41, 5.74) is 2.47. The summed E-state index contributed by atoms with van der Waals surface area (Å²) in [6.45, 7) is 0.575. The SMILES string of the molecule is COCc1nc(NC(=O)CCCN2C(=O)c3ccccc3N3C(=O)c4ccccc4[C@H]23)n[nH]1. The number of aromatic nitrogens is 3. The minimum Gasteiger partial charge on any atom is -0.377 e. The van der Waals surface area contributed by atoms with Crippen LogP contribution < -0.4 is 10.2 Å². The molecule has 2 N–H and O–H groups in total. The number of carbonyl (C=O) groups is 3. The number of nitrogens with zero attached hydrogens (tertiary/aromatic N) is 4. The third kappa shape index (κ3) is 3.64. The summed E-state index contributed by atoms with van der Waals surface area (Å²) >= 11 is 0. The van der Waals surface area contributed by atoms with Crippen molar-refractivity contribution in [2.45, 2.75) is 25.6 Å².